The summed E-state index contributed by atoms with van der Waals surface area (Å²) in [6.07, 6.45) is 3.40. The van der Waals surface area contributed by atoms with Gasteiger partial charge in [-0.2, -0.15) is 8.78 Å². The van der Waals surface area contributed by atoms with E-state index in [4.69, 9.17) is 16.3 Å². The van der Waals surface area contributed by atoms with Crippen molar-refractivity contribution in [3.63, 3.8) is 0 Å². The zero-order valence-corrected chi connectivity index (χ0v) is 24.2. The van der Waals surface area contributed by atoms with Crippen molar-refractivity contribution in [3.05, 3.63) is 0 Å². The molecule has 0 aromatic heterocycles. The Labute approximate surface area is 238 Å². The minimum absolute atomic E-state index is 0.0272. The molecule has 0 spiro atoms. The molecule has 0 radical (unpaired) electrons. The highest BCUT2D eigenvalue weighted by Gasteiger charge is 2.47. The molecule has 1 saturated carbocycles. The van der Waals surface area contributed by atoms with E-state index in [9.17, 15) is 18.4 Å². The lowest BCUT2D eigenvalue weighted by atomic mass is 9.70. The van der Waals surface area contributed by atoms with Crippen LogP contribution in [0, 0.1) is 23.7 Å². The maximum atomic E-state index is 13.6. The minimum atomic E-state index is -2.76. The highest BCUT2D eigenvalue weighted by atomic mass is 35.5. The molecule has 13 heteroatoms. The molecule has 39 heavy (non-hydrogen) atoms. The monoisotopic (exact) mass is 593 g/mol. The maximum absolute atomic E-state index is 13.6. The van der Waals surface area contributed by atoms with E-state index in [-0.39, 0.29) is 63.9 Å². The Morgan fingerprint density at radius 2 is 1.85 bits per heavy atom. The lowest BCUT2D eigenvalue weighted by Crippen LogP contribution is -2.57. The van der Waals surface area contributed by atoms with E-state index in [1.54, 1.807) is 18.9 Å². The smallest absolute Gasteiger partial charge is 0.345 e. The van der Waals surface area contributed by atoms with Gasteiger partial charge in [-0.05, 0) is 57.3 Å². The number of hydrogen-bond donors (Lipinski definition) is 4. The molecule has 4 aliphatic heterocycles. The molecule has 4 saturated heterocycles. The Balaban J connectivity index is 1.12. The SMILES string of the molecule is COC1CNC(Cl)CC1C1CC(C)NCC1C(=O)NC1NC2CN(C(=O)C3CCC(OC(F)F)CC3)CC2S1. The second-order valence-electron chi connectivity index (χ2n) is 11.8. The fourth-order valence-electron chi connectivity index (χ4n) is 7.30. The number of piperidine rings is 2. The zero-order chi connectivity index (χ0) is 27.7. The summed E-state index contributed by atoms with van der Waals surface area (Å²) in [5.41, 5.74) is -0.313. The summed E-state index contributed by atoms with van der Waals surface area (Å²) >= 11 is 8.13. The van der Waals surface area contributed by atoms with Gasteiger partial charge < -0.3 is 25.0 Å². The van der Waals surface area contributed by atoms with E-state index >= 15 is 0 Å². The lowest BCUT2D eigenvalue weighted by Gasteiger charge is -2.45. The van der Waals surface area contributed by atoms with Gasteiger partial charge in [-0.3, -0.25) is 20.2 Å². The molecule has 1 aliphatic carbocycles. The van der Waals surface area contributed by atoms with E-state index in [0.29, 0.717) is 57.9 Å². The average Bonchev–Trinajstić information content (AvgIpc) is 3.47. The molecule has 9 nitrogen and oxygen atoms in total. The summed E-state index contributed by atoms with van der Waals surface area (Å²) < 4.78 is 35.4. The summed E-state index contributed by atoms with van der Waals surface area (Å²) in [6, 6.07) is 0.441. The normalized spacial score (nSPS) is 42.9. The summed E-state index contributed by atoms with van der Waals surface area (Å²) in [4.78, 5) is 28.6. The second-order valence-corrected chi connectivity index (χ2v) is 13.7. The predicted molar refractivity (Wildman–Crippen MR) is 145 cm³/mol. The number of ether oxygens (including phenoxy) is 2. The molecule has 9 atom stereocenters. The third-order valence-electron chi connectivity index (χ3n) is 9.36. The van der Waals surface area contributed by atoms with Crippen molar-refractivity contribution < 1.29 is 27.8 Å². The van der Waals surface area contributed by atoms with Crippen LogP contribution in [-0.2, 0) is 19.1 Å². The third kappa shape index (κ3) is 7.01. The number of alkyl halides is 3. The first-order valence-electron chi connectivity index (χ1n) is 14.3. The summed E-state index contributed by atoms with van der Waals surface area (Å²) in [5.74, 6) is 0.239. The topological polar surface area (TPSA) is 104 Å². The molecule has 5 fully saturated rings. The van der Waals surface area contributed by atoms with Gasteiger partial charge in [0.25, 0.3) is 0 Å². The largest absolute Gasteiger partial charge is 0.380 e. The number of carbonyl (C=O) groups is 2. The quantitative estimate of drug-likeness (QED) is 0.262. The van der Waals surface area contributed by atoms with Crippen molar-refractivity contribution in [3.8, 4) is 0 Å². The second kappa shape index (κ2) is 13.0. The van der Waals surface area contributed by atoms with E-state index < -0.39 is 12.7 Å². The Morgan fingerprint density at radius 1 is 1.08 bits per heavy atom. The number of methoxy groups -OCH3 is 1. The molecule has 222 valence electrons. The van der Waals surface area contributed by atoms with Gasteiger partial charge in [0.2, 0.25) is 11.8 Å². The Morgan fingerprint density at radius 3 is 2.54 bits per heavy atom. The Bertz CT molecular complexity index is 858. The number of carbonyl (C=O) groups excluding carboxylic acids is 2. The van der Waals surface area contributed by atoms with Crippen molar-refractivity contribution in [1.29, 1.82) is 0 Å². The molecule has 0 aromatic carbocycles. The first-order chi connectivity index (χ1) is 18.7. The van der Waals surface area contributed by atoms with Gasteiger partial charge in [0.15, 0.2) is 0 Å². The molecule has 2 amide bonds. The highest BCUT2D eigenvalue weighted by Crippen LogP contribution is 2.39. The van der Waals surface area contributed by atoms with Crippen molar-refractivity contribution in [2.75, 3.05) is 33.3 Å². The number of fused-ring (bicyclic) bond motifs is 1. The van der Waals surface area contributed by atoms with Crippen molar-refractivity contribution in [2.45, 2.75) is 92.6 Å². The first kappa shape index (κ1) is 29.7. The number of nitrogens with one attached hydrogen (secondary N) is 4. The molecule has 0 aromatic rings. The number of nitrogens with zero attached hydrogens (tertiary/aromatic N) is 1. The van der Waals surface area contributed by atoms with Gasteiger partial charge in [0.05, 0.1) is 23.6 Å². The number of likely N-dealkylation sites (tertiary alicyclic amines) is 1. The first-order valence-corrected chi connectivity index (χ1v) is 15.7. The van der Waals surface area contributed by atoms with Gasteiger partial charge in [-0.15, -0.1) is 23.4 Å². The summed E-state index contributed by atoms with van der Waals surface area (Å²) in [6.45, 7) is 1.95. The molecule has 5 rings (SSSR count). The maximum Gasteiger partial charge on any atom is 0.345 e. The number of rotatable bonds is 7. The minimum Gasteiger partial charge on any atom is -0.380 e. The van der Waals surface area contributed by atoms with Crippen molar-refractivity contribution in [1.82, 2.24) is 26.2 Å². The molecular formula is C26H42ClF2N5O4S. The Hall–Kier alpha value is -0.760. The molecule has 5 aliphatic rings. The van der Waals surface area contributed by atoms with Crippen LogP contribution < -0.4 is 21.3 Å². The standard InChI is InChI=1S/C26H42ClF2N5O4S/c1-13-7-16(17-8-22(27)31-10-20(17)37-2)18(9-30-13)23(35)33-26-32-19-11-34(12-21(19)39-26)24(36)14-3-5-15(6-4-14)38-25(28)29/h13-22,25-26,30-32H,3-12H2,1-2H3,(H,33,35). The molecule has 9 unspecified atom stereocenters. The van der Waals surface area contributed by atoms with Gasteiger partial charge in [-0.1, -0.05) is 0 Å². The van der Waals surface area contributed by atoms with E-state index in [1.807, 2.05) is 4.90 Å². The van der Waals surface area contributed by atoms with Gasteiger partial charge in [0, 0.05) is 56.5 Å². The number of amides is 2. The van der Waals surface area contributed by atoms with Gasteiger partial charge in [0.1, 0.15) is 5.50 Å². The van der Waals surface area contributed by atoms with Crippen LogP contribution in [0.25, 0.3) is 0 Å². The highest BCUT2D eigenvalue weighted by molar-refractivity contribution is 8.00. The molecule has 4 heterocycles. The number of hydrogen-bond acceptors (Lipinski definition) is 8. The fraction of sp³-hybridized carbons (Fsp3) is 0.923. The lowest BCUT2D eigenvalue weighted by molar-refractivity contribution is -0.172. The van der Waals surface area contributed by atoms with Crippen molar-refractivity contribution in [2.24, 2.45) is 23.7 Å². The van der Waals surface area contributed by atoms with Crippen LogP contribution >= 0.6 is 23.4 Å². The van der Waals surface area contributed by atoms with Crippen LogP contribution in [0.1, 0.15) is 45.4 Å². The summed E-state index contributed by atoms with van der Waals surface area (Å²) in [7, 11) is 1.73. The Kier molecular flexibility index (Phi) is 9.94. The molecule has 0 bridgehead atoms. The number of halogens is 3. The fourth-order valence-corrected chi connectivity index (χ4v) is 9.00. The zero-order valence-electron chi connectivity index (χ0n) is 22.6. The predicted octanol–water partition coefficient (Wildman–Crippen LogP) is 1.90. The third-order valence-corrected chi connectivity index (χ3v) is 11.0. The van der Waals surface area contributed by atoms with E-state index in [0.717, 1.165) is 12.8 Å². The molecule has 4 N–H and O–H groups in total. The number of thioether (sulfide) groups is 1. The van der Waals surface area contributed by atoms with Crippen LogP contribution in [0.3, 0.4) is 0 Å². The van der Waals surface area contributed by atoms with Crippen LogP contribution in [0.15, 0.2) is 0 Å². The van der Waals surface area contributed by atoms with Gasteiger partial charge >= 0.3 is 6.61 Å². The average molecular weight is 594 g/mol. The van der Waals surface area contributed by atoms with Crippen molar-refractivity contribution >= 4 is 35.2 Å². The van der Waals surface area contributed by atoms with Crippen LogP contribution in [0.5, 0.6) is 0 Å². The van der Waals surface area contributed by atoms with Crippen LogP contribution in [-0.4, -0.2) is 97.2 Å². The van der Waals surface area contributed by atoms with Gasteiger partial charge in [-0.25, -0.2) is 0 Å². The van der Waals surface area contributed by atoms with E-state index in [1.165, 1.54) is 0 Å². The van der Waals surface area contributed by atoms with Crippen LogP contribution in [0.4, 0.5) is 8.78 Å². The van der Waals surface area contributed by atoms with Crippen LogP contribution in [0.2, 0.25) is 0 Å². The summed E-state index contributed by atoms with van der Waals surface area (Å²) in [5, 5.41) is 13.7. The van der Waals surface area contributed by atoms with E-state index in [2.05, 4.69) is 32.9 Å². The molecular weight excluding hydrogens is 552 g/mol.